The third kappa shape index (κ3) is 6.03. The maximum absolute atomic E-state index is 12.4. The number of ether oxygens (including phenoxy) is 4. The summed E-state index contributed by atoms with van der Waals surface area (Å²) in [5, 5.41) is 49.2. The van der Waals surface area contributed by atoms with Gasteiger partial charge in [0.2, 0.25) is 0 Å². The van der Waals surface area contributed by atoms with E-state index in [9.17, 15) is 30.0 Å². The summed E-state index contributed by atoms with van der Waals surface area (Å²) in [5.41, 5.74) is 1.46. The normalized spacial score (nSPS) is 46.6. The van der Waals surface area contributed by atoms with Crippen LogP contribution in [0.2, 0.25) is 0 Å². The van der Waals surface area contributed by atoms with Crippen molar-refractivity contribution in [3.63, 3.8) is 0 Å². The van der Waals surface area contributed by atoms with Gasteiger partial charge >= 0.3 is 0 Å². The fourth-order valence-corrected chi connectivity index (χ4v) is 4.13. The van der Waals surface area contributed by atoms with Crippen LogP contribution in [-0.4, -0.2) is 100 Å². The van der Waals surface area contributed by atoms with Gasteiger partial charge in [0.15, 0.2) is 12.6 Å². The Balaban J connectivity index is 1.51. The number of aliphatic hydroxyl groups excluding tert-OH is 5. The van der Waals surface area contributed by atoms with Gasteiger partial charge in [-0.1, -0.05) is 0 Å². The maximum Gasteiger partial charge on any atom is 0.184 e. The molecule has 170 valence electrons. The van der Waals surface area contributed by atoms with Crippen molar-refractivity contribution < 1.29 is 49.0 Å². The lowest BCUT2D eigenvalue weighted by Crippen LogP contribution is -2.53. The molecule has 0 aromatic rings. The predicted molar refractivity (Wildman–Crippen MR) is 95.0 cm³/mol. The number of rotatable bonds is 7. The summed E-state index contributed by atoms with van der Waals surface area (Å²) in [7, 11) is 0. The molecule has 0 bridgehead atoms. The fraction of sp³-hybridized carbons (Fsp3) is 1.00. The average molecular weight is 425 g/mol. The number of aliphatic hydroxyl groups is 5. The number of halogens is 1. The lowest BCUT2D eigenvalue weighted by molar-refractivity contribution is -0.300. The summed E-state index contributed by atoms with van der Waals surface area (Å²) >= 11 is 0. The fourth-order valence-electron chi connectivity index (χ4n) is 4.13. The Bertz CT molecular complexity index is 504. The number of hydrogen-bond acceptors (Lipinski definition) is 10. The van der Waals surface area contributed by atoms with Crippen molar-refractivity contribution in [1.29, 1.82) is 0 Å². The van der Waals surface area contributed by atoms with E-state index in [2.05, 4.69) is 0 Å². The van der Waals surface area contributed by atoms with Gasteiger partial charge in [0.25, 0.3) is 0 Å². The Kier molecular flexibility index (Phi) is 8.57. The number of nitrogens with one attached hydrogen (secondary N) is 1. The molecule has 10 atom stereocenters. The van der Waals surface area contributed by atoms with E-state index in [0.29, 0.717) is 12.8 Å². The van der Waals surface area contributed by atoms with Crippen LogP contribution in [0, 0.1) is 0 Å². The molecule has 10 nitrogen and oxygen atoms in total. The minimum absolute atomic E-state index is 0.0244. The zero-order valence-corrected chi connectivity index (χ0v) is 16.2. The van der Waals surface area contributed by atoms with E-state index in [0.717, 1.165) is 12.8 Å². The SMILES string of the molecule is OC[C@H]1O[C@H](O[C@H]2CCC[C@@H](O[C@H]3O[C@H](CNF)[C@@H](O)C[C@H]3O)C2)[C@H](O)C[C@@H]1O. The summed E-state index contributed by atoms with van der Waals surface area (Å²) < 4.78 is 35.1. The predicted octanol–water partition coefficient (Wildman–Crippen LogP) is -1.53. The molecule has 0 spiro atoms. The summed E-state index contributed by atoms with van der Waals surface area (Å²) in [5.74, 6) is 0. The zero-order valence-electron chi connectivity index (χ0n) is 16.2. The molecule has 2 heterocycles. The van der Waals surface area contributed by atoms with Crippen LogP contribution in [0.1, 0.15) is 38.5 Å². The van der Waals surface area contributed by atoms with Gasteiger partial charge in [-0.2, -0.15) is 5.54 Å². The lowest BCUT2D eigenvalue weighted by Gasteiger charge is -2.41. The third-order valence-corrected chi connectivity index (χ3v) is 5.76. The van der Waals surface area contributed by atoms with E-state index < -0.39 is 49.2 Å². The Morgan fingerprint density at radius 2 is 1.31 bits per heavy atom. The quantitative estimate of drug-likeness (QED) is 0.265. The highest BCUT2D eigenvalue weighted by Gasteiger charge is 2.41. The second kappa shape index (κ2) is 10.7. The molecule has 1 aliphatic carbocycles. The minimum atomic E-state index is -1.03. The van der Waals surface area contributed by atoms with Crippen molar-refractivity contribution in [2.45, 2.75) is 99.9 Å². The smallest absolute Gasteiger partial charge is 0.184 e. The van der Waals surface area contributed by atoms with Gasteiger partial charge in [-0.05, 0) is 19.3 Å². The van der Waals surface area contributed by atoms with Crippen LogP contribution in [0.3, 0.4) is 0 Å². The largest absolute Gasteiger partial charge is 0.394 e. The molecule has 0 aromatic carbocycles. The first-order valence-corrected chi connectivity index (χ1v) is 10.2. The first kappa shape index (κ1) is 23.2. The zero-order chi connectivity index (χ0) is 21.0. The molecule has 6 N–H and O–H groups in total. The molecular formula is C18H32FNO9. The van der Waals surface area contributed by atoms with Crippen LogP contribution in [0.4, 0.5) is 4.48 Å². The number of hydrogen-bond donors (Lipinski definition) is 6. The van der Waals surface area contributed by atoms with Crippen molar-refractivity contribution in [2.24, 2.45) is 0 Å². The highest BCUT2D eigenvalue weighted by molar-refractivity contribution is 4.85. The third-order valence-electron chi connectivity index (χ3n) is 5.76. The van der Waals surface area contributed by atoms with Crippen LogP contribution in [-0.2, 0) is 18.9 Å². The van der Waals surface area contributed by atoms with Crippen LogP contribution < -0.4 is 5.54 Å². The van der Waals surface area contributed by atoms with Gasteiger partial charge in [0.05, 0.1) is 37.6 Å². The monoisotopic (exact) mass is 425 g/mol. The summed E-state index contributed by atoms with van der Waals surface area (Å²) in [6, 6.07) is 0. The van der Waals surface area contributed by atoms with E-state index in [4.69, 9.17) is 18.9 Å². The first-order valence-electron chi connectivity index (χ1n) is 10.2. The molecule has 1 saturated carbocycles. The average Bonchev–Trinajstić information content (AvgIpc) is 2.68. The summed E-state index contributed by atoms with van der Waals surface area (Å²) in [4.78, 5) is 0. The van der Waals surface area contributed by atoms with Gasteiger partial charge in [-0.25, -0.2) is 0 Å². The van der Waals surface area contributed by atoms with Crippen molar-refractivity contribution in [1.82, 2.24) is 5.54 Å². The lowest BCUT2D eigenvalue weighted by atomic mass is 9.94. The summed E-state index contributed by atoms with van der Waals surface area (Å²) in [6.45, 7) is -0.583. The van der Waals surface area contributed by atoms with Crippen LogP contribution in [0.25, 0.3) is 0 Å². The van der Waals surface area contributed by atoms with Crippen molar-refractivity contribution in [2.75, 3.05) is 13.2 Å². The first-order chi connectivity index (χ1) is 13.9. The Morgan fingerprint density at radius 1 is 0.793 bits per heavy atom. The van der Waals surface area contributed by atoms with Crippen molar-refractivity contribution in [3.8, 4) is 0 Å². The molecule has 0 amide bonds. The van der Waals surface area contributed by atoms with Gasteiger partial charge in [-0.3, -0.25) is 0 Å². The van der Waals surface area contributed by atoms with Gasteiger partial charge in [-0.15, -0.1) is 4.48 Å². The molecule has 11 heteroatoms. The van der Waals surface area contributed by atoms with Gasteiger partial charge < -0.3 is 44.5 Å². The van der Waals surface area contributed by atoms with Crippen LogP contribution in [0.15, 0.2) is 0 Å². The molecule has 3 aliphatic rings. The maximum atomic E-state index is 12.4. The second-order valence-electron chi connectivity index (χ2n) is 8.03. The van der Waals surface area contributed by atoms with E-state index >= 15 is 0 Å². The van der Waals surface area contributed by atoms with E-state index in [1.165, 1.54) is 5.54 Å². The van der Waals surface area contributed by atoms with E-state index in [-0.39, 0.29) is 38.2 Å². The van der Waals surface area contributed by atoms with Crippen LogP contribution >= 0.6 is 0 Å². The van der Waals surface area contributed by atoms with Crippen molar-refractivity contribution >= 4 is 0 Å². The Morgan fingerprint density at radius 3 is 1.83 bits per heavy atom. The molecule has 0 unspecified atom stereocenters. The molecule has 3 fully saturated rings. The standard InChI is InChI=1S/C18H32FNO9/c19-20-7-15-11(22)5-13(24)17(28-15)26-9-2-1-3-10(4-9)27-18-14(25)6-12(23)16(8-21)29-18/h9-18,20-25H,1-8H2/t9-,10+,11+,12+,13-,14-,15-,16-,17+,18+/m1/s1. The second-order valence-corrected chi connectivity index (χ2v) is 8.03. The molecule has 0 radical (unpaired) electrons. The highest BCUT2D eigenvalue weighted by atomic mass is 19.2. The van der Waals surface area contributed by atoms with Gasteiger partial charge in [0.1, 0.15) is 24.4 Å². The van der Waals surface area contributed by atoms with Crippen molar-refractivity contribution in [3.05, 3.63) is 0 Å². The molecule has 29 heavy (non-hydrogen) atoms. The molecule has 3 rings (SSSR count). The molecule has 2 saturated heterocycles. The Labute approximate surface area is 168 Å². The van der Waals surface area contributed by atoms with E-state index in [1.54, 1.807) is 0 Å². The van der Waals surface area contributed by atoms with Crippen LogP contribution in [0.5, 0.6) is 0 Å². The van der Waals surface area contributed by atoms with Gasteiger partial charge in [0, 0.05) is 19.3 Å². The molecule has 2 aliphatic heterocycles. The highest BCUT2D eigenvalue weighted by Crippen LogP contribution is 2.31. The minimum Gasteiger partial charge on any atom is -0.394 e. The molecule has 0 aromatic heterocycles. The summed E-state index contributed by atoms with van der Waals surface area (Å²) in [6.07, 6.45) is -5.34. The molecular weight excluding hydrogens is 393 g/mol. The Hall–Kier alpha value is -0.470. The van der Waals surface area contributed by atoms with E-state index in [1.807, 2.05) is 0 Å². The topological polar surface area (TPSA) is 150 Å².